The van der Waals surface area contributed by atoms with Gasteiger partial charge in [0.1, 0.15) is 11.4 Å². The first kappa shape index (κ1) is 13.7. The van der Waals surface area contributed by atoms with Crippen molar-refractivity contribution < 1.29 is 24.2 Å². The average molecular weight is 242 g/mol. The van der Waals surface area contributed by atoms with Crippen LogP contribution in [0.25, 0.3) is 0 Å². The van der Waals surface area contributed by atoms with Crippen LogP contribution >= 0.6 is 0 Å². The standard InChI is InChI=1S/C12H18O5/c1-11(2,3)17-10(16)12(9(14)15)6-4-5-8(13)7-12/h4-7H2,1-3H3,(H,14,15). The Morgan fingerprint density at radius 2 is 1.94 bits per heavy atom. The molecule has 1 aliphatic carbocycles. The maximum absolute atomic E-state index is 12.0. The number of Topliss-reactive ketones (excluding diaryl/α,β-unsaturated/α-hetero) is 1. The molecular formula is C12H18O5. The highest BCUT2D eigenvalue weighted by molar-refractivity contribution is 6.04. The molecule has 0 radical (unpaired) electrons. The molecule has 0 bridgehead atoms. The van der Waals surface area contributed by atoms with E-state index in [4.69, 9.17) is 4.74 Å². The minimum absolute atomic E-state index is 0.170. The van der Waals surface area contributed by atoms with Crippen LogP contribution in [0, 0.1) is 5.41 Å². The van der Waals surface area contributed by atoms with Gasteiger partial charge < -0.3 is 9.84 Å². The van der Waals surface area contributed by atoms with Gasteiger partial charge in [-0.1, -0.05) is 0 Å². The van der Waals surface area contributed by atoms with Crippen LogP contribution in [-0.4, -0.2) is 28.4 Å². The molecule has 1 atom stereocenters. The van der Waals surface area contributed by atoms with Gasteiger partial charge in [0.15, 0.2) is 5.41 Å². The predicted octanol–water partition coefficient (Wildman–Crippen LogP) is 1.54. The number of hydrogen-bond donors (Lipinski definition) is 1. The summed E-state index contributed by atoms with van der Waals surface area (Å²) in [6.07, 6.45) is 0.683. The smallest absolute Gasteiger partial charge is 0.324 e. The molecule has 0 amide bonds. The summed E-state index contributed by atoms with van der Waals surface area (Å²) in [6, 6.07) is 0. The number of aliphatic carboxylic acids is 1. The Hall–Kier alpha value is -1.39. The molecule has 0 saturated heterocycles. The van der Waals surface area contributed by atoms with E-state index in [0.29, 0.717) is 12.8 Å². The summed E-state index contributed by atoms with van der Waals surface area (Å²) in [7, 11) is 0. The van der Waals surface area contributed by atoms with Crippen LogP contribution in [-0.2, 0) is 19.1 Å². The molecule has 1 saturated carbocycles. The van der Waals surface area contributed by atoms with Gasteiger partial charge in [-0.3, -0.25) is 14.4 Å². The second kappa shape index (κ2) is 4.47. The number of carbonyl (C=O) groups excluding carboxylic acids is 2. The first-order valence-corrected chi connectivity index (χ1v) is 5.66. The molecule has 0 aromatic heterocycles. The van der Waals surface area contributed by atoms with Crippen molar-refractivity contribution in [1.82, 2.24) is 0 Å². The number of carbonyl (C=O) groups is 3. The summed E-state index contributed by atoms with van der Waals surface area (Å²) in [4.78, 5) is 34.6. The third-order valence-electron chi connectivity index (χ3n) is 2.76. The van der Waals surface area contributed by atoms with Gasteiger partial charge >= 0.3 is 11.9 Å². The molecule has 17 heavy (non-hydrogen) atoms. The van der Waals surface area contributed by atoms with Crippen molar-refractivity contribution in [3.8, 4) is 0 Å². The Kier molecular flexibility index (Phi) is 3.59. The minimum Gasteiger partial charge on any atom is -0.480 e. The minimum atomic E-state index is -1.68. The van der Waals surface area contributed by atoms with E-state index in [1.165, 1.54) is 0 Å². The van der Waals surface area contributed by atoms with Crippen molar-refractivity contribution in [1.29, 1.82) is 0 Å². The Morgan fingerprint density at radius 1 is 1.35 bits per heavy atom. The van der Waals surface area contributed by atoms with E-state index in [0.717, 1.165) is 0 Å². The largest absolute Gasteiger partial charge is 0.480 e. The SMILES string of the molecule is CC(C)(C)OC(=O)C1(C(=O)O)CCCC(=O)C1. The molecule has 1 aliphatic rings. The van der Waals surface area contributed by atoms with E-state index in [1.807, 2.05) is 0 Å². The zero-order valence-corrected chi connectivity index (χ0v) is 10.4. The molecule has 0 aromatic rings. The third-order valence-corrected chi connectivity index (χ3v) is 2.76. The Labute approximate surface area is 100 Å². The van der Waals surface area contributed by atoms with Crippen LogP contribution < -0.4 is 0 Å². The molecule has 1 fully saturated rings. The lowest BCUT2D eigenvalue weighted by molar-refractivity contribution is -0.180. The molecule has 1 unspecified atom stereocenters. The highest BCUT2D eigenvalue weighted by Crippen LogP contribution is 2.37. The quantitative estimate of drug-likeness (QED) is 0.586. The molecule has 0 heterocycles. The van der Waals surface area contributed by atoms with Crippen molar-refractivity contribution in [3.05, 3.63) is 0 Å². The molecule has 0 aromatic carbocycles. The Morgan fingerprint density at radius 3 is 2.35 bits per heavy atom. The van der Waals surface area contributed by atoms with Gasteiger partial charge in [-0.2, -0.15) is 0 Å². The van der Waals surface area contributed by atoms with Crippen LogP contribution in [0.4, 0.5) is 0 Å². The molecule has 0 aliphatic heterocycles. The van der Waals surface area contributed by atoms with Crippen LogP contribution in [0.1, 0.15) is 46.5 Å². The van der Waals surface area contributed by atoms with Crippen LogP contribution in [0.15, 0.2) is 0 Å². The third kappa shape index (κ3) is 3.05. The average Bonchev–Trinajstić information content (AvgIpc) is 2.14. The van der Waals surface area contributed by atoms with E-state index in [2.05, 4.69) is 0 Å². The monoisotopic (exact) mass is 242 g/mol. The van der Waals surface area contributed by atoms with Gasteiger partial charge in [0.25, 0.3) is 0 Å². The summed E-state index contributed by atoms with van der Waals surface area (Å²) >= 11 is 0. The predicted molar refractivity (Wildman–Crippen MR) is 59.4 cm³/mol. The van der Waals surface area contributed by atoms with E-state index in [-0.39, 0.29) is 18.6 Å². The number of rotatable bonds is 2. The number of hydrogen-bond acceptors (Lipinski definition) is 4. The molecule has 1 rings (SSSR count). The van der Waals surface area contributed by atoms with Crippen molar-refractivity contribution in [2.75, 3.05) is 0 Å². The molecular weight excluding hydrogens is 224 g/mol. The van der Waals surface area contributed by atoms with Gasteiger partial charge in [-0.15, -0.1) is 0 Å². The van der Waals surface area contributed by atoms with Gasteiger partial charge in [-0.25, -0.2) is 0 Å². The molecule has 5 nitrogen and oxygen atoms in total. The maximum atomic E-state index is 12.0. The Balaban J connectivity index is 2.96. The first-order valence-electron chi connectivity index (χ1n) is 5.66. The lowest BCUT2D eigenvalue weighted by Gasteiger charge is -2.33. The fourth-order valence-electron chi connectivity index (χ4n) is 1.92. The van der Waals surface area contributed by atoms with Crippen molar-refractivity contribution >= 4 is 17.7 Å². The molecule has 1 N–H and O–H groups in total. The second-order valence-electron chi connectivity index (χ2n) is 5.46. The van der Waals surface area contributed by atoms with Gasteiger partial charge in [0.2, 0.25) is 0 Å². The van der Waals surface area contributed by atoms with Gasteiger partial charge in [0.05, 0.1) is 0 Å². The van der Waals surface area contributed by atoms with Crippen LogP contribution in [0.3, 0.4) is 0 Å². The number of ether oxygens (including phenoxy) is 1. The highest BCUT2D eigenvalue weighted by Gasteiger charge is 2.51. The lowest BCUT2D eigenvalue weighted by Crippen LogP contribution is -2.46. The second-order valence-corrected chi connectivity index (χ2v) is 5.46. The van der Waals surface area contributed by atoms with Crippen LogP contribution in [0.5, 0.6) is 0 Å². The first-order chi connectivity index (χ1) is 7.67. The van der Waals surface area contributed by atoms with Crippen molar-refractivity contribution in [2.45, 2.75) is 52.1 Å². The number of carboxylic acids is 1. The summed E-state index contributed by atoms with van der Waals surface area (Å²) in [5.41, 5.74) is -2.43. The van der Waals surface area contributed by atoms with E-state index in [1.54, 1.807) is 20.8 Å². The zero-order chi connectivity index (χ0) is 13.3. The summed E-state index contributed by atoms with van der Waals surface area (Å²) < 4.78 is 5.12. The summed E-state index contributed by atoms with van der Waals surface area (Å²) in [6.45, 7) is 5.02. The topological polar surface area (TPSA) is 80.7 Å². The molecule has 5 heteroatoms. The normalized spacial score (nSPS) is 25.5. The highest BCUT2D eigenvalue weighted by atomic mass is 16.6. The zero-order valence-electron chi connectivity index (χ0n) is 10.4. The van der Waals surface area contributed by atoms with E-state index in [9.17, 15) is 19.5 Å². The maximum Gasteiger partial charge on any atom is 0.324 e. The Bertz CT molecular complexity index is 352. The lowest BCUT2D eigenvalue weighted by atomic mass is 9.73. The number of esters is 1. The fourth-order valence-corrected chi connectivity index (χ4v) is 1.92. The summed E-state index contributed by atoms with van der Waals surface area (Å²) in [5, 5.41) is 9.22. The van der Waals surface area contributed by atoms with E-state index < -0.39 is 23.0 Å². The van der Waals surface area contributed by atoms with Crippen molar-refractivity contribution in [3.63, 3.8) is 0 Å². The van der Waals surface area contributed by atoms with Gasteiger partial charge in [0, 0.05) is 12.8 Å². The van der Waals surface area contributed by atoms with Crippen LogP contribution in [0.2, 0.25) is 0 Å². The number of carboxylic acid groups (broad SMARTS) is 1. The fraction of sp³-hybridized carbons (Fsp3) is 0.750. The number of ketones is 1. The molecule has 0 spiro atoms. The molecule has 96 valence electrons. The summed E-state index contributed by atoms with van der Waals surface area (Å²) in [5.74, 6) is -2.25. The van der Waals surface area contributed by atoms with Crippen molar-refractivity contribution in [2.24, 2.45) is 5.41 Å². The van der Waals surface area contributed by atoms with Gasteiger partial charge in [-0.05, 0) is 33.6 Å². The van der Waals surface area contributed by atoms with E-state index >= 15 is 0 Å².